The maximum atomic E-state index is 6.56. The van der Waals surface area contributed by atoms with Crippen molar-refractivity contribution in [1.29, 1.82) is 0 Å². The minimum Gasteiger partial charge on any atom is -0.455 e. The number of rotatable bonds is 8. The number of nitrogens with zero attached hydrogens (tertiary/aromatic N) is 5. The summed E-state index contributed by atoms with van der Waals surface area (Å²) in [5, 5.41) is 4.36. The van der Waals surface area contributed by atoms with E-state index in [1.807, 2.05) is 66.7 Å². The van der Waals surface area contributed by atoms with Gasteiger partial charge in [0.1, 0.15) is 11.2 Å². The lowest BCUT2D eigenvalue weighted by Crippen LogP contribution is -2.00. The van der Waals surface area contributed by atoms with Crippen LogP contribution in [0.2, 0.25) is 0 Å². The van der Waals surface area contributed by atoms with Crippen LogP contribution in [-0.2, 0) is 0 Å². The molecule has 12 rings (SSSR count). The maximum Gasteiger partial charge on any atom is 0.164 e. The molecule has 0 spiro atoms. The normalized spacial score (nSPS) is 11.4. The van der Waals surface area contributed by atoms with Crippen molar-refractivity contribution in [3.8, 4) is 90.3 Å². The van der Waals surface area contributed by atoms with Gasteiger partial charge in [-0.3, -0.25) is 0 Å². The molecule has 0 saturated heterocycles. The van der Waals surface area contributed by atoms with Crippen molar-refractivity contribution < 1.29 is 4.42 Å². The van der Waals surface area contributed by atoms with Gasteiger partial charge >= 0.3 is 0 Å². The number of fused-ring (bicyclic) bond motifs is 5. The number of hydrogen-bond acceptors (Lipinski definition) is 6. The summed E-state index contributed by atoms with van der Waals surface area (Å²) in [6.45, 7) is 0. The first-order chi connectivity index (χ1) is 32.2. The molecule has 0 fully saturated rings. The lowest BCUT2D eigenvalue weighted by molar-refractivity contribution is 0.673. The monoisotopic (exact) mass is 831 g/mol. The Labute approximate surface area is 375 Å². The van der Waals surface area contributed by atoms with E-state index < -0.39 is 0 Å². The molecule has 304 valence electrons. The maximum absolute atomic E-state index is 6.56. The molecule has 3 aromatic heterocycles. The number of aromatic nitrogens is 5. The standard InChI is InChI=1S/C59H37N5O/c1-4-15-38(16-5-1)42-22-12-25-45(33-42)52-37-53(61-56(60-52)40-18-6-2-7-19-40)46-26-13-23-43(34-46)44-24-14-27-47(35-44)58-62-57(41-20-8-3-9-21-41)63-59(64-58)48-30-31-50-51-32-29-39-17-10-11-28-49(39)55(51)65-54(50)36-48/h1-37H. The van der Waals surface area contributed by atoms with Crippen molar-refractivity contribution in [2.75, 3.05) is 0 Å². The fourth-order valence-electron chi connectivity index (χ4n) is 8.64. The molecule has 6 nitrogen and oxygen atoms in total. The molecule has 9 aromatic carbocycles. The molecule has 0 aliphatic carbocycles. The summed E-state index contributed by atoms with van der Waals surface area (Å²) < 4.78 is 6.56. The first kappa shape index (κ1) is 37.9. The van der Waals surface area contributed by atoms with Crippen molar-refractivity contribution in [3.05, 3.63) is 224 Å². The van der Waals surface area contributed by atoms with E-state index in [9.17, 15) is 0 Å². The molecule has 12 aromatic rings. The Morgan fingerprint density at radius 1 is 0.246 bits per heavy atom. The summed E-state index contributed by atoms with van der Waals surface area (Å²) in [6, 6.07) is 77.0. The van der Waals surface area contributed by atoms with Gasteiger partial charge in [0, 0.05) is 49.5 Å². The van der Waals surface area contributed by atoms with Crippen molar-refractivity contribution in [2.45, 2.75) is 0 Å². The Bertz CT molecular complexity index is 3720. The molecule has 0 saturated carbocycles. The molecule has 0 aliphatic rings. The van der Waals surface area contributed by atoms with Crippen molar-refractivity contribution >= 4 is 32.7 Å². The van der Waals surface area contributed by atoms with Crippen LogP contribution in [0, 0.1) is 0 Å². The van der Waals surface area contributed by atoms with E-state index in [0.29, 0.717) is 23.3 Å². The quantitative estimate of drug-likeness (QED) is 0.152. The van der Waals surface area contributed by atoms with Gasteiger partial charge in [0.2, 0.25) is 0 Å². The van der Waals surface area contributed by atoms with Crippen LogP contribution in [0.4, 0.5) is 0 Å². The summed E-state index contributed by atoms with van der Waals surface area (Å²) in [7, 11) is 0. The van der Waals surface area contributed by atoms with Gasteiger partial charge in [0.25, 0.3) is 0 Å². The first-order valence-corrected chi connectivity index (χ1v) is 21.6. The molecule has 0 atom stereocenters. The summed E-state index contributed by atoms with van der Waals surface area (Å²) in [5.41, 5.74) is 13.3. The van der Waals surface area contributed by atoms with Gasteiger partial charge in [-0.15, -0.1) is 0 Å². The fourth-order valence-corrected chi connectivity index (χ4v) is 8.64. The zero-order chi connectivity index (χ0) is 43.1. The third-order valence-corrected chi connectivity index (χ3v) is 11.9. The Morgan fingerprint density at radius 2 is 0.677 bits per heavy atom. The minimum atomic E-state index is 0.566. The Morgan fingerprint density at radius 3 is 1.29 bits per heavy atom. The molecule has 6 heteroatoms. The van der Waals surface area contributed by atoms with Crippen molar-refractivity contribution in [3.63, 3.8) is 0 Å². The Kier molecular flexibility index (Phi) is 9.38. The molecular weight excluding hydrogens is 795 g/mol. The third-order valence-electron chi connectivity index (χ3n) is 11.9. The molecule has 0 aliphatic heterocycles. The predicted molar refractivity (Wildman–Crippen MR) is 264 cm³/mol. The van der Waals surface area contributed by atoms with Crippen molar-refractivity contribution in [1.82, 2.24) is 24.9 Å². The highest BCUT2D eigenvalue weighted by molar-refractivity contribution is 6.15. The van der Waals surface area contributed by atoms with E-state index in [4.69, 9.17) is 29.3 Å². The molecule has 0 amide bonds. The molecule has 0 N–H and O–H groups in total. The van der Waals surface area contributed by atoms with E-state index in [-0.39, 0.29) is 0 Å². The second-order valence-electron chi connectivity index (χ2n) is 16.1. The van der Waals surface area contributed by atoms with Gasteiger partial charge in [-0.25, -0.2) is 24.9 Å². The van der Waals surface area contributed by atoms with Crippen LogP contribution in [0.1, 0.15) is 0 Å². The van der Waals surface area contributed by atoms with E-state index in [2.05, 4.69) is 158 Å². The SMILES string of the molecule is c1ccc(-c2cccc(-c3cc(-c4cccc(-c5cccc(-c6nc(-c7ccccc7)nc(-c7ccc8c(c7)oc7c9ccccc9ccc87)n6)c5)c4)nc(-c4ccccc4)n3)c2)cc1. The lowest BCUT2D eigenvalue weighted by Gasteiger charge is -2.12. The molecule has 0 unspecified atom stereocenters. The highest BCUT2D eigenvalue weighted by atomic mass is 16.3. The van der Waals surface area contributed by atoms with Crippen molar-refractivity contribution in [2.24, 2.45) is 0 Å². The van der Waals surface area contributed by atoms with Crippen LogP contribution in [0.3, 0.4) is 0 Å². The topological polar surface area (TPSA) is 77.6 Å². The highest BCUT2D eigenvalue weighted by Crippen LogP contribution is 2.37. The molecule has 0 bridgehead atoms. The second-order valence-corrected chi connectivity index (χ2v) is 16.1. The van der Waals surface area contributed by atoms with E-state index in [1.165, 1.54) is 0 Å². The smallest absolute Gasteiger partial charge is 0.164 e. The average Bonchev–Trinajstić information content (AvgIpc) is 3.78. The third kappa shape index (κ3) is 7.29. The average molecular weight is 832 g/mol. The van der Waals surface area contributed by atoms with Crippen LogP contribution in [-0.4, -0.2) is 24.9 Å². The Balaban J connectivity index is 0.937. The predicted octanol–water partition coefficient (Wildman–Crippen LogP) is 15.1. The van der Waals surface area contributed by atoms with Gasteiger partial charge in [-0.05, 0) is 70.1 Å². The molecular formula is C59H37N5O. The van der Waals surface area contributed by atoms with E-state index >= 15 is 0 Å². The zero-order valence-corrected chi connectivity index (χ0v) is 35.0. The Hall–Kier alpha value is -8.87. The zero-order valence-electron chi connectivity index (χ0n) is 35.0. The molecule has 3 heterocycles. The van der Waals surface area contributed by atoms with Gasteiger partial charge in [-0.1, -0.05) is 182 Å². The summed E-state index contributed by atoms with van der Waals surface area (Å²) >= 11 is 0. The van der Waals surface area contributed by atoms with Gasteiger partial charge < -0.3 is 4.42 Å². The van der Waals surface area contributed by atoms with Gasteiger partial charge in [0.15, 0.2) is 23.3 Å². The van der Waals surface area contributed by atoms with E-state index in [0.717, 1.165) is 99.7 Å². The minimum absolute atomic E-state index is 0.566. The van der Waals surface area contributed by atoms with Crippen LogP contribution in [0.15, 0.2) is 229 Å². The summed E-state index contributed by atoms with van der Waals surface area (Å²) in [5.74, 6) is 2.41. The highest BCUT2D eigenvalue weighted by Gasteiger charge is 2.17. The molecule has 65 heavy (non-hydrogen) atoms. The lowest BCUT2D eigenvalue weighted by atomic mass is 9.98. The number of hydrogen-bond donors (Lipinski definition) is 0. The number of furan rings is 1. The van der Waals surface area contributed by atoms with Crippen LogP contribution < -0.4 is 0 Å². The summed E-state index contributed by atoms with van der Waals surface area (Å²) in [6.07, 6.45) is 0. The largest absolute Gasteiger partial charge is 0.455 e. The number of benzene rings is 9. The van der Waals surface area contributed by atoms with Gasteiger partial charge in [-0.2, -0.15) is 0 Å². The van der Waals surface area contributed by atoms with Crippen LogP contribution >= 0.6 is 0 Å². The first-order valence-electron chi connectivity index (χ1n) is 21.6. The fraction of sp³-hybridized carbons (Fsp3) is 0. The van der Waals surface area contributed by atoms with E-state index in [1.54, 1.807) is 0 Å². The van der Waals surface area contributed by atoms with Crippen LogP contribution in [0.5, 0.6) is 0 Å². The summed E-state index contributed by atoms with van der Waals surface area (Å²) in [4.78, 5) is 25.5. The molecule has 0 radical (unpaired) electrons. The second kappa shape index (κ2) is 16.1. The van der Waals surface area contributed by atoms with Gasteiger partial charge in [0.05, 0.1) is 11.4 Å². The van der Waals surface area contributed by atoms with Crippen LogP contribution in [0.25, 0.3) is 123 Å².